The van der Waals surface area contributed by atoms with Crippen molar-refractivity contribution in [3.63, 3.8) is 0 Å². The van der Waals surface area contributed by atoms with Crippen molar-refractivity contribution in [1.29, 1.82) is 0 Å². The molecule has 94 valence electrons. The van der Waals surface area contributed by atoms with Crippen LogP contribution in [0.5, 0.6) is 0 Å². The number of rotatable bonds is 2. The van der Waals surface area contributed by atoms with Crippen LogP contribution in [0.2, 0.25) is 0 Å². The summed E-state index contributed by atoms with van der Waals surface area (Å²) in [6, 6.07) is 5.98. The van der Waals surface area contributed by atoms with Gasteiger partial charge in [-0.25, -0.2) is 0 Å². The van der Waals surface area contributed by atoms with E-state index in [9.17, 15) is 4.79 Å². The molecule has 1 aromatic carbocycles. The third-order valence-corrected chi connectivity index (χ3v) is 4.05. The normalized spacial score (nSPS) is 21.7. The third-order valence-electron chi connectivity index (χ3n) is 4.05. The molecule has 0 radical (unpaired) electrons. The molecule has 1 fully saturated rings. The Labute approximate surface area is 105 Å². The summed E-state index contributed by atoms with van der Waals surface area (Å²) in [5.74, 6) is -0.142. The van der Waals surface area contributed by atoms with Crippen LogP contribution in [0, 0.1) is 0 Å². The fourth-order valence-electron chi connectivity index (χ4n) is 2.80. The molecule has 0 atom stereocenters. The van der Waals surface area contributed by atoms with Crippen LogP contribution in [-0.2, 0) is 21.4 Å². The number of aryl methyl sites for hydroxylation is 1. The summed E-state index contributed by atoms with van der Waals surface area (Å²) in [4.78, 5) is 11.8. The largest absolute Gasteiger partial charge is 0.468 e. The standard InChI is InChI=1S/C14H15NO3/c1-18-13(16)14(6-7-14)10-3-4-11-9(8-10)2-5-12(11)15-17/h3-4,8,17H,2,5-7H2,1H3. The highest BCUT2D eigenvalue weighted by atomic mass is 16.5. The molecule has 3 rings (SSSR count). The van der Waals surface area contributed by atoms with E-state index in [2.05, 4.69) is 11.2 Å². The van der Waals surface area contributed by atoms with Gasteiger partial charge in [0, 0.05) is 5.56 Å². The van der Waals surface area contributed by atoms with Crippen molar-refractivity contribution < 1.29 is 14.7 Å². The van der Waals surface area contributed by atoms with Gasteiger partial charge in [0.25, 0.3) is 0 Å². The van der Waals surface area contributed by atoms with Gasteiger partial charge < -0.3 is 9.94 Å². The number of benzene rings is 1. The number of carbonyl (C=O) groups is 1. The van der Waals surface area contributed by atoms with E-state index in [1.54, 1.807) is 0 Å². The Kier molecular flexibility index (Phi) is 2.40. The second-order valence-corrected chi connectivity index (χ2v) is 4.99. The lowest BCUT2D eigenvalue weighted by Gasteiger charge is -2.14. The second kappa shape index (κ2) is 3.83. The van der Waals surface area contributed by atoms with Crippen LogP contribution in [0.25, 0.3) is 0 Å². The lowest BCUT2D eigenvalue weighted by molar-refractivity contribution is -0.143. The van der Waals surface area contributed by atoms with Crippen LogP contribution < -0.4 is 0 Å². The third kappa shape index (κ3) is 1.45. The van der Waals surface area contributed by atoms with Crippen LogP contribution in [0.3, 0.4) is 0 Å². The first-order valence-electron chi connectivity index (χ1n) is 6.14. The second-order valence-electron chi connectivity index (χ2n) is 4.99. The average molecular weight is 245 g/mol. The molecule has 1 aromatic rings. The van der Waals surface area contributed by atoms with Crippen LogP contribution in [0.4, 0.5) is 0 Å². The minimum atomic E-state index is -0.414. The first-order chi connectivity index (χ1) is 8.71. The monoisotopic (exact) mass is 245 g/mol. The molecule has 0 heterocycles. The van der Waals surface area contributed by atoms with E-state index >= 15 is 0 Å². The van der Waals surface area contributed by atoms with Crippen LogP contribution in [-0.4, -0.2) is 24.0 Å². The van der Waals surface area contributed by atoms with Crippen molar-refractivity contribution in [3.05, 3.63) is 34.9 Å². The molecule has 1 saturated carbocycles. The van der Waals surface area contributed by atoms with Gasteiger partial charge in [0.05, 0.1) is 18.2 Å². The minimum absolute atomic E-state index is 0.142. The van der Waals surface area contributed by atoms with Crippen molar-refractivity contribution in [2.24, 2.45) is 5.16 Å². The van der Waals surface area contributed by atoms with E-state index in [4.69, 9.17) is 9.94 Å². The first kappa shape index (κ1) is 11.3. The molecule has 0 aliphatic heterocycles. The van der Waals surface area contributed by atoms with E-state index in [-0.39, 0.29) is 5.97 Å². The topological polar surface area (TPSA) is 58.9 Å². The Morgan fingerprint density at radius 1 is 1.39 bits per heavy atom. The van der Waals surface area contributed by atoms with Crippen molar-refractivity contribution >= 4 is 11.7 Å². The number of hydrogen-bond donors (Lipinski definition) is 1. The molecule has 0 unspecified atom stereocenters. The molecule has 18 heavy (non-hydrogen) atoms. The zero-order chi connectivity index (χ0) is 12.8. The highest BCUT2D eigenvalue weighted by molar-refractivity contribution is 6.04. The zero-order valence-corrected chi connectivity index (χ0v) is 10.3. The fraction of sp³-hybridized carbons (Fsp3) is 0.429. The van der Waals surface area contributed by atoms with Gasteiger partial charge in [-0.1, -0.05) is 23.4 Å². The number of ether oxygens (including phenoxy) is 1. The Balaban J connectivity index is 2.00. The minimum Gasteiger partial charge on any atom is -0.468 e. The SMILES string of the molecule is COC(=O)C1(c2ccc3c(c2)CCC3=NO)CC1. The number of carbonyl (C=O) groups excluding carboxylic acids is 1. The summed E-state index contributed by atoms with van der Waals surface area (Å²) in [5.41, 5.74) is 3.52. The van der Waals surface area contributed by atoms with E-state index in [0.717, 1.165) is 48.1 Å². The fourth-order valence-corrected chi connectivity index (χ4v) is 2.80. The van der Waals surface area contributed by atoms with Crippen molar-refractivity contribution in [2.75, 3.05) is 7.11 Å². The predicted octanol–water partition coefficient (Wildman–Crippen LogP) is 2.02. The van der Waals surface area contributed by atoms with Gasteiger partial charge in [0.2, 0.25) is 0 Å². The number of oxime groups is 1. The molecule has 0 aromatic heterocycles. The Morgan fingerprint density at radius 2 is 2.17 bits per heavy atom. The maximum atomic E-state index is 11.8. The van der Waals surface area contributed by atoms with Gasteiger partial charge in [0.1, 0.15) is 0 Å². The van der Waals surface area contributed by atoms with Crippen molar-refractivity contribution in [2.45, 2.75) is 31.1 Å². The first-order valence-corrected chi connectivity index (χ1v) is 6.14. The summed E-state index contributed by atoms with van der Waals surface area (Å²) in [5, 5.41) is 12.2. The number of esters is 1. The predicted molar refractivity (Wildman–Crippen MR) is 66.0 cm³/mol. The van der Waals surface area contributed by atoms with Gasteiger partial charge in [-0.2, -0.15) is 0 Å². The van der Waals surface area contributed by atoms with Crippen LogP contribution >= 0.6 is 0 Å². The van der Waals surface area contributed by atoms with Gasteiger partial charge in [-0.15, -0.1) is 0 Å². The average Bonchev–Trinajstić information content (AvgIpc) is 3.12. The smallest absolute Gasteiger partial charge is 0.316 e. The van der Waals surface area contributed by atoms with Gasteiger partial charge >= 0.3 is 5.97 Å². The highest BCUT2D eigenvalue weighted by Crippen LogP contribution is 2.49. The molecule has 0 saturated heterocycles. The molecule has 0 spiro atoms. The Morgan fingerprint density at radius 3 is 2.78 bits per heavy atom. The quantitative estimate of drug-likeness (QED) is 0.492. The lowest BCUT2D eigenvalue weighted by Crippen LogP contribution is -2.22. The van der Waals surface area contributed by atoms with Crippen LogP contribution in [0.15, 0.2) is 23.4 Å². The molecule has 0 amide bonds. The van der Waals surface area contributed by atoms with Crippen molar-refractivity contribution in [3.8, 4) is 0 Å². The number of hydrogen-bond acceptors (Lipinski definition) is 4. The zero-order valence-electron chi connectivity index (χ0n) is 10.3. The summed E-state index contributed by atoms with van der Waals surface area (Å²) in [7, 11) is 1.44. The highest BCUT2D eigenvalue weighted by Gasteiger charge is 2.52. The molecule has 4 heteroatoms. The summed E-state index contributed by atoms with van der Waals surface area (Å²) >= 11 is 0. The lowest BCUT2D eigenvalue weighted by atomic mass is 9.93. The summed E-state index contributed by atoms with van der Waals surface area (Å²) in [6.45, 7) is 0. The molecule has 4 nitrogen and oxygen atoms in total. The maximum absolute atomic E-state index is 11.8. The summed E-state index contributed by atoms with van der Waals surface area (Å²) < 4.78 is 4.89. The molecular weight excluding hydrogens is 230 g/mol. The van der Waals surface area contributed by atoms with Gasteiger partial charge in [-0.3, -0.25) is 4.79 Å². The van der Waals surface area contributed by atoms with Gasteiger partial charge in [0.15, 0.2) is 0 Å². The molecule has 2 aliphatic carbocycles. The molecule has 1 N–H and O–H groups in total. The molecule has 0 bridgehead atoms. The van der Waals surface area contributed by atoms with E-state index in [1.807, 2.05) is 12.1 Å². The van der Waals surface area contributed by atoms with Crippen molar-refractivity contribution in [1.82, 2.24) is 0 Å². The van der Waals surface area contributed by atoms with Crippen LogP contribution in [0.1, 0.15) is 36.0 Å². The summed E-state index contributed by atoms with van der Waals surface area (Å²) in [6.07, 6.45) is 3.36. The maximum Gasteiger partial charge on any atom is 0.316 e. The molecule has 2 aliphatic rings. The number of fused-ring (bicyclic) bond motifs is 1. The van der Waals surface area contributed by atoms with E-state index in [1.165, 1.54) is 7.11 Å². The number of methoxy groups -OCH3 is 1. The van der Waals surface area contributed by atoms with E-state index < -0.39 is 5.41 Å². The van der Waals surface area contributed by atoms with E-state index in [0.29, 0.717) is 0 Å². The Bertz CT molecular complexity index is 544. The molecular formula is C14H15NO3. The Hall–Kier alpha value is -1.84. The number of nitrogens with zero attached hydrogens (tertiary/aromatic N) is 1. The van der Waals surface area contributed by atoms with Gasteiger partial charge in [-0.05, 0) is 36.8 Å².